The van der Waals surface area contributed by atoms with Crippen LogP contribution >= 0.6 is 11.8 Å². The molecule has 2 aromatic carbocycles. The molecule has 3 aromatic rings. The lowest BCUT2D eigenvalue weighted by molar-refractivity contribution is -0.152. The van der Waals surface area contributed by atoms with Crippen LogP contribution in [0.3, 0.4) is 0 Å². The zero-order valence-corrected chi connectivity index (χ0v) is 17.7. The summed E-state index contributed by atoms with van der Waals surface area (Å²) >= 11 is 1.35. The van der Waals surface area contributed by atoms with Gasteiger partial charge in [0.25, 0.3) is 5.22 Å². The van der Waals surface area contributed by atoms with Gasteiger partial charge in [-0.2, -0.15) is 0 Å². The molecule has 156 valence electrons. The minimum atomic E-state index is -0.851. The molecule has 5 nitrogen and oxygen atoms in total. The fourth-order valence-electron chi connectivity index (χ4n) is 5.20. The van der Waals surface area contributed by atoms with E-state index in [2.05, 4.69) is 4.98 Å². The van der Waals surface area contributed by atoms with E-state index in [1.165, 1.54) is 11.8 Å². The number of fused-ring (bicyclic) bond motifs is 2. The van der Waals surface area contributed by atoms with Gasteiger partial charge >= 0.3 is 0 Å². The Bertz CT molecular complexity index is 1000. The lowest BCUT2D eigenvalue weighted by Gasteiger charge is -2.52. The second kappa shape index (κ2) is 8.08. The maximum Gasteiger partial charge on any atom is 0.257 e. The summed E-state index contributed by atoms with van der Waals surface area (Å²) in [6.45, 7) is 0.583. The number of nitrogens with zero attached hydrogens (tertiary/aromatic N) is 2. The van der Waals surface area contributed by atoms with Crippen LogP contribution in [0.5, 0.6) is 0 Å². The molecule has 2 fully saturated rings. The Hall–Kier alpha value is -2.31. The zero-order valence-electron chi connectivity index (χ0n) is 16.9. The number of amides is 1. The summed E-state index contributed by atoms with van der Waals surface area (Å²) in [5.41, 5.74) is 1.68. The van der Waals surface area contributed by atoms with E-state index in [1.54, 1.807) is 0 Å². The number of para-hydroxylation sites is 2. The van der Waals surface area contributed by atoms with Crippen molar-refractivity contribution in [1.82, 2.24) is 9.88 Å². The Labute approximate surface area is 180 Å². The average Bonchev–Trinajstić information content (AvgIpc) is 3.22. The lowest BCUT2D eigenvalue weighted by atomic mass is 9.66. The van der Waals surface area contributed by atoms with Gasteiger partial charge in [0.15, 0.2) is 5.58 Å². The normalized spacial score (nSPS) is 26.5. The third kappa shape index (κ3) is 3.52. The number of aliphatic hydroxyl groups is 1. The number of oxazole rings is 1. The number of benzene rings is 2. The Morgan fingerprint density at radius 1 is 1.13 bits per heavy atom. The van der Waals surface area contributed by atoms with E-state index in [0.717, 1.165) is 42.3 Å². The highest BCUT2D eigenvalue weighted by Crippen LogP contribution is 2.47. The molecule has 30 heavy (non-hydrogen) atoms. The molecule has 5 rings (SSSR count). The van der Waals surface area contributed by atoms with E-state index >= 15 is 0 Å². The predicted octanol–water partition coefficient (Wildman–Crippen LogP) is 4.60. The quantitative estimate of drug-likeness (QED) is 0.623. The molecule has 1 amide bonds. The largest absolute Gasteiger partial charge is 0.431 e. The van der Waals surface area contributed by atoms with Crippen LogP contribution in [-0.4, -0.2) is 39.2 Å². The molecule has 1 aliphatic carbocycles. The van der Waals surface area contributed by atoms with Crippen molar-refractivity contribution in [2.24, 2.45) is 5.92 Å². The van der Waals surface area contributed by atoms with Crippen LogP contribution in [0, 0.1) is 5.92 Å². The first-order chi connectivity index (χ1) is 14.6. The zero-order chi connectivity index (χ0) is 20.6. The molecule has 2 aliphatic rings. The van der Waals surface area contributed by atoms with E-state index in [-0.39, 0.29) is 17.9 Å². The first-order valence-corrected chi connectivity index (χ1v) is 11.7. The average molecular weight is 423 g/mol. The standard InChI is InChI=1S/C24H26N2O3S/c27-22(16-30-23-25-19-11-5-7-13-21(19)29-23)26-15-14-24(28,17-8-2-1-3-9-17)18-10-4-6-12-20(18)26/h1-3,5,7-9,11,13,18,20,28H,4,6,10,12,14-16H2/t18-,20?,24-/m1/s1. The summed E-state index contributed by atoms with van der Waals surface area (Å²) in [6.07, 6.45) is 4.71. The first-order valence-electron chi connectivity index (χ1n) is 10.7. The third-order valence-electron chi connectivity index (χ3n) is 6.66. The van der Waals surface area contributed by atoms with E-state index < -0.39 is 5.60 Å². The third-order valence-corrected chi connectivity index (χ3v) is 7.48. The van der Waals surface area contributed by atoms with Crippen molar-refractivity contribution < 1.29 is 14.3 Å². The van der Waals surface area contributed by atoms with Crippen molar-refractivity contribution in [2.75, 3.05) is 12.3 Å². The van der Waals surface area contributed by atoms with Crippen LogP contribution in [0.4, 0.5) is 0 Å². The number of likely N-dealkylation sites (tertiary alicyclic amines) is 1. The molecule has 0 radical (unpaired) electrons. The molecule has 6 heteroatoms. The number of carbonyl (C=O) groups is 1. The number of hydrogen-bond donors (Lipinski definition) is 1. The summed E-state index contributed by atoms with van der Waals surface area (Å²) in [7, 11) is 0. The van der Waals surface area contributed by atoms with Crippen LogP contribution in [-0.2, 0) is 10.4 Å². The minimum Gasteiger partial charge on any atom is -0.431 e. The smallest absolute Gasteiger partial charge is 0.257 e. The van der Waals surface area contributed by atoms with Crippen molar-refractivity contribution in [2.45, 2.75) is 49.0 Å². The molecular weight excluding hydrogens is 396 g/mol. The van der Waals surface area contributed by atoms with Crippen molar-refractivity contribution in [1.29, 1.82) is 0 Å². The number of hydrogen-bond acceptors (Lipinski definition) is 5. The predicted molar refractivity (Wildman–Crippen MR) is 117 cm³/mol. The molecule has 0 spiro atoms. The van der Waals surface area contributed by atoms with Gasteiger partial charge in [0.05, 0.1) is 11.4 Å². The second-order valence-electron chi connectivity index (χ2n) is 8.32. The van der Waals surface area contributed by atoms with Crippen molar-refractivity contribution in [3.05, 3.63) is 60.2 Å². The molecule has 1 N–H and O–H groups in total. The number of thioether (sulfide) groups is 1. The molecule has 1 saturated carbocycles. The van der Waals surface area contributed by atoms with Gasteiger partial charge in [0, 0.05) is 18.5 Å². The van der Waals surface area contributed by atoms with Crippen LogP contribution in [0.15, 0.2) is 64.2 Å². The second-order valence-corrected chi connectivity index (χ2v) is 9.25. The maximum absolute atomic E-state index is 13.1. The summed E-state index contributed by atoms with van der Waals surface area (Å²) < 4.78 is 5.74. The highest BCUT2D eigenvalue weighted by Gasteiger charge is 2.50. The number of carbonyl (C=O) groups excluding carboxylic acids is 1. The Balaban J connectivity index is 1.31. The lowest BCUT2D eigenvalue weighted by Crippen LogP contribution is -2.59. The van der Waals surface area contributed by atoms with E-state index in [0.29, 0.717) is 23.9 Å². The summed E-state index contributed by atoms with van der Waals surface area (Å²) in [5.74, 6) is 0.495. The van der Waals surface area contributed by atoms with Gasteiger partial charge in [0.1, 0.15) is 5.52 Å². The van der Waals surface area contributed by atoms with Crippen molar-refractivity contribution >= 4 is 28.8 Å². The van der Waals surface area contributed by atoms with Gasteiger partial charge in [-0.25, -0.2) is 4.98 Å². The van der Waals surface area contributed by atoms with Crippen LogP contribution in [0.25, 0.3) is 11.1 Å². The van der Waals surface area contributed by atoms with Gasteiger partial charge in [-0.15, -0.1) is 0 Å². The van der Waals surface area contributed by atoms with Crippen LogP contribution < -0.4 is 0 Å². The molecule has 1 aromatic heterocycles. The van der Waals surface area contributed by atoms with Gasteiger partial charge in [-0.1, -0.05) is 67.1 Å². The van der Waals surface area contributed by atoms with Crippen molar-refractivity contribution in [3.8, 4) is 0 Å². The van der Waals surface area contributed by atoms with E-state index in [4.69, 9.17) is 4.42 Å². The first kappa shape index (κ1) is 19.6. The molecular formula is C24H26N2O3S. The number of piperidine rings is 1. The monoisotopic (exact) mass is 422 g/mol. The fraction of sp³-hybridized carbons (Fsp3) is 0.417. The maximum atomic E-state index is 13.1. The topological polar surface area (TPSA) is 66.6 Å². The highest BCUT2D eigenvalue weighted by molar-refractivity contribution is 7.99. The Kier molecular flexibility index (Phi) is 5.29. The number of rotatable bonds is 4. The summed E-state index contributed by atoms with van der Waals surface area (Å²) in [6, 6.07) is 17.7. The highest BCUT2D eigenvalue weighted by atomic mass is 32.2. The molecule has 1 saturated heterocycles. The molecule has 0 bridgehead atoms. The molecule has 2 heterocycles. The van der Waals surface area contributed by atoms with Crippen LogP contribution in [0.2, 0.25) is 0 Å². The van der Waals surface area contributed by atoms with Gasteiger partial charge < -0.3 is 14.4 Å². The van der Waals surface area contributed by atoms with Gasteiger partial charge in [0.2, 0.25) is 5.91 Å². The minimum absolute atomic E-state index is 0.0840. The fourth-order valence-corrected chi connectivity index (χ4v) is 5.92. The van der Waals surface area contributed by atoms with E-state index in [9.17, 15) is 9.90 Å². The van der Waals surface area contributed by atoms with Crippen molar-refractivity contribution in [3.63, 3.8) is 0 Å². The molecule has 1 aliphatic heterocycles. The Morgan fingerprint density at radius 2 is 1.90 bits per heavy atom. The summed E-state index contributed by atoms with van der Waals surface area (Å²) in [5, 5.41) is 12.2. The molecule has 3 atom stereocenters. The molecule has 1 unspecified atom stereocenters. The van der Waals surface area contributed by atoms with Gasteiger partial charge in [-0.3, -0.25) is 4.79 Å². The SMILES string of the molecule is O=C(CSc1nc2ccccc2o1)N1CC[C@@](O)(c2ccccc2)[C@@H]2CCCCC21. The van der Waals surface area contributed by atoms with Crippen LogP contribution in [0.1, 0.15) is 37.7 Å². The number of aromatic nitrogens is 1. The Morgan fingerprint density at radius 3 is 2.73 bits per heavy atom. The van der Waals surface area contributed by atoms with E-state index in [1.807, 2.05) is 59.5 Å². The summed E-state index contributed by atoms with van der Waals surface area (Å²) in [4.78, 5) is 19.6. The van der Waals surface area contributed by atoms with Gasteiger partial charge in [-0.05, 0) is 37.0 Å².